The Kier molecular flexibility index (Phi) is 5.20. The third-order valence-electron chi connectivity index (χ3n) is 9.14. The minimum Gasteiger partial charge on any atom is -0.462 e. The second-order valence-electron chi connectivity index (χ2n) is 11.1. The molecular formula is C24H34O8. The number of aliphatic hydroxyl groups is 3. The minimum atomic E-state index is -1.36. The van der Waals surface area contributed by atoms with Gasteiger partial charge in [-0.3, -0.25) is 14.4 Å². The van der Waals surface area contributed by atoms with Crippen LogP contribution in [0.2, 0.25) is 0 Å². The van der Waals surface area contributed by atoms with Gasteiger partial charge in [0.15, 0.2) is 5.78 Å². The Morgan fingerprint density at radius 2 is 1.59 bits per heavy atom. The van der Waals surface area contributed by atoms with E-state index < -0.39 is 70.5 Å². The van der Waals surface area contributed by atoms with Crippen LogP contribution in [-0.2, 0) is 23.9 Å². The van der Waals surface area contributed by atoms with Gasteiger partial charge in [-0.2, -0.15) is 0 Å². The molecule has 1 spiro atoms. The molecule has 0 amide bonds. The number of hydrogen-bond donors (Lipinski definition) is 3. The van der Waals surface area contributed by atoms with Crippen molar-refractivity contribution < 1.29 is 39.2 Å². The van der Waals surface area contributed by atoms with Crippen LogP contribution in [0.5, 0.6) is 0 Å². The van der Waals surface area contributed by atoms with Crippen LogP contribution in [0, 0.1) is 34.0 Å². The predicted molar refractivity (Wildman–Crippen MR) is 112 cm³/mol. The number of esters is 2. The fourth-order valence-corrected chi connectivity index (χ4v) is 8.18. The zero-order valence-corrected chi connectivity index (χ0v) is 19.3. The minimum absolute atomic E-state index is 0.113. The summed E-state index contributed by atoms with van der Waals surface area (Å²) in [5, 5.41) is 34.5. The van der Waals surface area contributed by atoms with Gasteiger partial charge in [-0.05, 0) is 24.3 Å². The van der Waals surface area contributed by atoms with E-state index >= 15 is 0 Å². The first-order valence-corrected chi connectivity index (χ1v) is 11.3. The predicted octanol–water partition coefficient (Wildman–Crippen LogP) is 1.15. The molecule has 8 nitrogen and oxygen atoms in total. The summed E-state index contributed by atoms with van der Waals surface area (Å²) in [5.74, 6) is -3.19. The highest BCUT2D eigenvalue weighted by Gasteiger charge is 2.78. The van der Waals surface area contributed by atoms with Gasteiger partial charge in [0.2, 0.25) is 0 Å². The highest BCUT2D eigenvalue weighted by Crippen LogP contribution is 2.71. The van der Waals surface area contributed by atoms with Gasteiger partial charge in [0, 0.05) is 42.9 Å². The monoisotopic (exact) mass is 450 g/mol. The summed E-state index contributed by atoms with van der Waals surface area (Å²) in [4.78, 5) is 37.5. The number of ether oxygens (including phenoxy) is 2. The average Bonchev–Trinajstić information content (AvgIpc) is 2.84. The first-order valence-electron chi connectivity index (χ1n) is 11.3. The van der Waals surface area contributed by atoms with Gasteiger partial charge < -0.3 is 24.8 Å². The van der Waals surface area contributed by atoms with Crippen molar-refractivity contribution in [1.29, 1.82) is 0 Å². The molecule has 0 saturated heterocycles. The van der Waals surface area contributed by atoms with E-state index in [0.717, 1.165) is 0 Å². The van der Waals surface area contributed by atoms with Gasteiger partial charge in [0.05, 0.1) is 23.7 Å². The van der Waals surface area contributed by atoms with Crippen LogP contribution in [0.25, 0.3) is 0 Å². The Bertz CT molecular complexity index is 879. The Hall–Kier alpha value is -1.77. The van der Waals surface area contributed by atoms with E-state index in [1.165, 1.54) is 13.8 Å². The molecule has 0 unspecified atom stereocenters. The molecule has 4 aliphatic rings. The third-order valence-corrected chi connectivity index (χ3v) is 9.14. The van der Waals surface area contributed by atoms with Gasteiger partial charge >= 0.3 is 11.9 Å². The number of ketones is 1. The molecule has 4 aliphatic carbocycles. The van der Waals surface area contributed by atoms with Crippen LogP contribution < -0.4 is 0 Å². The summed E-state index contributed by atoms with van der Waals surface area (Å²) in [5.41, 5.74) is -2.92. The lowest BCUT2D eigenvalue weighted by molar-refractivity contribution is -0.306. The van der Waals surface area contributed by atoms with Crippen molar-refractivity contribution >= 4 is 17.7 Å². The third kappa shape index (κ3) is 2.75. The molecule has 4 fully saturated rings. The standard InChI is InChI=1S/C24H34O8/c1-10-13-7-14(27)18-23(6)15(28)8-16(31-11(2)25)22(4,5)19(23)17(29)21(32-12(3)26)24(18,9-13)20(10)30/h13-19,21,27-29H,1,7-9H2,2-6H3/t13-,14+,15+,16+,17-,18+,19-,21+,23+,24+/m1/s1. The van der Waals surface area contributed by atoms with Gasteiger partial charge in [-0.25, -0.2) is 0 Å². The molecule has 4 saturated carbocycles. The summed E-state index contributed by atoms with van der Waals surface area (Å²) in [6.07, 6.45) is -4.48. The Labute approximate surface area is 188 Å². The molecule has 0 aromatic carbocycles. The largest absolute Gasteiger partial charge is 0.462 e. The Morgan fingerprint density at radius 1 is 1.00 bits per heavy atom. The van der Waals surface area contributed by atoms with Gasteiger partial charge in [-0.1, -0.05) is 27.4 Å². The fraction of sp³-hybridized carbons (Fsp3) is 0.792. The quantitative estimate of drug-likeness (QED) is 0.422. The molecule has 0 aromatic rings. The summed E-state index contributed by atoms with van der Waals surface area (Å²) in [6, 6.07) is 0. The van der Waals surface area contributed by atoms with E-state index in [0.29, 0.717) is 18.4 Å². The maximum atomic E-state index is 13.7. The van der Waals surface area contributed by atoms with E-state index in [9.17, 15) is 29.7 Å². The number of carbonyl (C=O) groups is 3. The highest BCUT2D eigenvalue weighted by atomic mass is 16.6. The number of carbonyl (C=O) groups excluding carboxylic acids is 3. The number of rotatable bonds is 2. The molecule has 0 aliphatic heterocycles. The zero-order valence-electron chi connectivity index (χ0n) is 19.3. The van der Waals surface area contributed by atoms with Gasteiger partial charge in [-0.15, -0.1) is 0 Å². The van der Waals surface area contributed by atoms with E-state index in [-0.39, 0.29) is 18.1 Å². The second kappa shape index (κ2) is 7.11. The van der Waals surface area contributed by atoms with E-state index in [2.05, 4.69) is 6.58 Å². The number of fused-ring (bicyclic) bond motifs is 3. The summed E-state index contributed by atoms with van der Waals surface area (Å²) in [7, 11) is 0. The molecule has 32 heavy (non-hydrogen) atoms. The molecule has 0 heterocycles. The molecule has 0 radical (unpaired) electrons. The van der Waals surface area contributed by atoms with Crippen LogP contribution in [-0.4, -0.2) is 63.6 Å². The molecule has 10 atom stereocenters. The molecule has 3 N–H and O–H groups in total. The molecular weight excluding hydrogens is 416 g/mol. The smallest absolute Gasteiger partial charge is 0.303 e. The average molecular weight is 451 g/mol. The fourth-order valence-electron chi connectivity index (χ4n) is 8.18. The van der Waals surface area contributed by atoms with Crippen LogP contribution in [0.1, 0.15) is 53.9 Å². The number of hydrogen-bond acceptors (Lipinski definition) is 8. The molecule has 2 bridgehead atoms. The lowest BCUT2D eigenvalue weighted by atomic mass is 9.38. The van der Waals surface area contributed by atoms with Crippen molar-refractivity contribution in [3.63, 3.8) is 0 Å². The van der Waals surface area contributed by atoms with Crippen molar-refractivity contribution in [2.24, 2.45) is 34.0 Å². The van der Waals surface area contributed by atoms with Gasteiger partial charge in [0.25, 0.3) is 0 Å². The van der Waals surface area contributed by atoms with Crippen LogP contribution in [0.15, 0.2) is 12.2 Å². The summed E-state index contributed by atoms with van der Waals surface area (Å²) in [6.45, 7) is 11.9. The summed E-state index contributed by atoms with van der Waals surface area (Å²) >= 11 is 0. The van der Waals surface area contributed by atoms with Crippen molar-refractivity contribution in [3.05, 3.63) is 12.2 Å². The van der Waals surface area contributed by atoms with Crippen molar-refractivity contribution in [3.8, 4) is 0 Å². The van der Waals surface area contributed by atoms with Gasteiger partial charge in [0.1, 0.15) is 12.2 Å². The first kappa shape index (κ1) is 23.4. The second-order valence-corrected chi connectivity index (χ2v) is 11.1. The van der Waals surface area contributed by atoms with E-state index in [4.69, 9.17) is 9.47 Å². The molecule has 8 heteroatoms. The Balaban J connectivity index is 1.94. The van der Waals surface area contributed by atoms with Crippen molar-refractivity contribution in [2.75, 3.05) is 0 Å². The molecule has 0 aromatic heterocycles. The van der Waals surface area contributed by atoms with Crippen molar-refractivity contribution in [2.45, 2.75) is 84.4 Å². The normalized spacial score (nSPS) is 49.1. The maximum Gasteiger partial charge on any atom is 0.303 e. The molecule has 178 valence electrons. The van der Waals surface area contributed by atoms with E-state index in [1.807, 2.05) is 13.8 Å². The van der Waals surface area contributed by atoms with Crippen LogP contribution in [0.3, 0.4) is 0 Å². The van der Waals surface area contributed by atoms with Crippen LogP contribution >= 0.6 is 0 Å². The number of allylic oxidation sites excluding steroid dienone is 1. The van der Waals surface area contributed by atoms with Crippen LogP contribution in [0.4, 0.5) is 0 Å². The summed E-state index contributed by atoms with van der Waals surface area (Å²) < 4.78 is 11.2. The van der Waals surface area contributed by atoms with Crippen molar-refractivity contribution in [1.82, 2.24) is 0 Å². The van der Waals surface area contributed by atoms with E-state index in [1.54, 1.807) is 6.92 Å². The Morgan fingerprint density at radius 3 is 2.16 bits per heavy atom. The zero-order chi connectivity index (χ0) is 24.0. The maximum absolute atomic E-state index is 13.7. The topological polar surface area (TPSA) is 130 Å². The number of Topliss-reactive ketones (excluding diaryl/α,β-unsaturated/α-hetero) is 1. The number of aliphatic hydroxyl groups excluding tert-OH is 3. The molecule has 4 rings (SSSR count). The highest BCUT2D eigenvalue weighted by molar-refractivity contribution is 6.04. The first-order chi connectivity index (χ1) is 14.7. The lowest BCUT2D eigenvalue weighted by Crippen LogP contribution is -2.76. The SMILES string of the molecule is C=C1C(=O)[C@]23C[C@H]1C[C@H](O)[C@H]2[C@@]1(C)[C@H]([C@@H](O)[C@@H]3OC(C)=O)C(C)(C)[C@@H](OC(C)=O)C[C@@H]1O. The lowest BCUT2D eigenvalue weighted by Gasteiger charge is -2.68.